The summed E-state index contributed by atoms with van der Waals surface area (Å²) in [6.45, 7) is 0. The van der Waals surface area contributed by atoms with E-state index in [9.17, 15) is 4.79 Å². The first-order valence-corrected chi connectivity index (χ1v) is 8.48. The molecule has 132 valence electrons. The lowest BCUT2D eigenvalue weighted by molar-refractivity contribution is 0.0963. The number of carbonyl (C=O) groups excluding carboxylic acids is 1. The van der Waals surface area contributed by atoms with Crippen LogP contribution in [-0.4, -0.2) is 20.7 Å². The van der Waals surface area contributed by atoms with Crippen molar-refractivity contribution in [2.24, 2.45) is 0 Å². The van der Waals surface area contributed by atoms with Gasteiger partial charge >= 0.3 is 0 Å². The van der Waals surface area contributed by atoms with Gasteiger partial charge in [0.25, 0.3) is 5.91 Å². The van der Waals surface area contributed by atoms with Crippen LogP contribution < -0.4 is 10.9 Å². The Morgan fingerprint density at radius 3 is 2.33 bits per heavy atom. The highest BCUT2D eigenvalue weighted by atomic mass is 16.2. The maximum absolute atomic E-state index is 12.8. The van der Waals surface area contributed by atoms with Gasteiger partial charge in [-0.2, -0.15) is 5.10 Å². The van der Waals surface area contributed by atoms with Gasteiger partial charge in [0.05, 0.1) is 16.9 Å². The van der Waals surface area contributed by atoms with E-state index in [4.69, 9.17) is 0 Å². The summed E-state index contributed by atoms with van der Waals surface area (Å²) in [6.07, 6.45) is 5.10. The second-order valence-corrected chi connectivity index (χ2v) is 5.86. The van der Waals surface area contributed by atoms with E-state index < -0.39 is 0 Å². The van der Waals surface area contributed by atoms with Crippen LogP contribution in [0, 0.1) is 0 Å². The van der Waals surface area contributed by atoms with Crippen molar-refractivity contribution >= 4 is 11.6 Å². The van der Waals surface area contributed by atoms with Gasteiger partial charge in [0.2, 0.25) is 0 Å². The molecule has 0 aliphatic carbocycles. The fraction of sp³-hybridized carbons (Fsp3) is 0. The van der Waals surface area contributed by atoms with E-state index in [2.05, 4.69) is 20.9 Å². The number of aromatic nitrogens is 3. The number of hydrazine groups is 1. The van der Waals surface area contributed by atoms with E-state index in [0.717, 1.165) is 16.9 Å². The number of hydrogen-bond acceptors (Lipinski definition) is 4. The molecule has 4 rings (SSSR count). The molecule has 27 heavy (non-hydrogen) atoms. The highest BCUT2D eigenvalue weighted by molar-refractivity contribution is 6.00. The van der Waals surface area contributed by atoms with Crippen molar-refractivity contribution in [3.05, 3.63) is 97.0 Å². The Balaban J connectivity index is 1.67. The first-order valence-electron chi connectivity index (χ1n) is 8.48. The van der Waals surface area contributed by atoms with Crippen molar-refractivity contribution < 1.29 is 4.79 Å². The summed E-state index contributed by atoms with van der Waals surface area (Å²) in [5.74, 6) is -0.278. The van der Waals surface area contributed by atoms with Crippen LogP contribution in [0.2, 0.25) is 0 Å². The average molecular weight is 355 g/mol. The lowest BCUT2D eigenvalue weighted by atomic mass is 10.1. The second-order valence-electron chi connectivity index (χ2n) is 5.86. The number of benzene rings is 2. The number of rotatable bonds is 5. The molecule has 0 aliphatic rings. The summed E-state index contributed by atoms with van der Waals surface area (Å²) < 4.78 is 1.69. The van der Waals surface area contributed by atoms with Crippen molar-refractivity contribution in [2.75, 3.05) is 5.43 Å². The Labute approximate surface area is 156 Å². The number of amides is 1. The molecule has 0 fully saturated rings. The zero-order valence-corrected chi connectivity index (χ0v) is 14.4. The van der Waals surface area contributed by atoms with Crippen LogP contribution in [0.1, 0.15) is 10.4 Å². The normalized spacial score (nSPS) is 10.4. The topological polar surface area (TPSA) is 71.8 Å². The van der Waals surface area contributed by atoms with E-state index >= 15 is 0 Å². The lowest BCUT2D eigenvalue weighted by Crippen LogP contribution is -2.29. The molecule has 1 amide bonds. The summed E-state index contributed by atoms with van der Waals surface area (Å²) in [6, 6.07) is 22.8. The highest BCUT2D eigenvalue weighted by Gasteiger charge is 2.18. The molecule has 0 saturated heterocycles. The molecule has 0 atom stereocenters. The molecule has 0 radical (unpaired) electrons. The number of anilines is 1. The van der Waals surface area contributed by atoms with Crippen LogP contribution in [-0.2, 0) is 0 Å². The Bertz CT molecular complexity index is 1030. The monoisotopic (exact) mass is 355 g/mol. The third-order valence-electron chi connectivity index (χ3n) is 4.01. The van der Waals surface area contributed by atoms with Gasteiger partial charge in [-0.1, -0.05) is 36.4 Å². The molecule has 6 nitrogen and oxygen atoms in total. The molecule has 0 aliphatic heterocycles. The van der Waals surface area contributed by atoms with Crippen LogP contribution in [0.25, 0.3) is 16.9 Å². The Kier molecular flexibility index (Phi) is 4.61. The third kappa shape index (κ3) is 3.69. The second kappa shape index (κ2) is 7.53. The maximum atomic E-state index is 12.8. The van der Waals surface area contributed by atoms with E-state index in [1.807, 2.05) is 72.8 Å². The fourth-order valence-corrected chi connectivity index (χ4v) is 2.69. The van der Waals surface area contributed by atoms with Crippen molar-refractivity contribution in [3.8, 4) is 16.9 Å². The van der Waals surface area contributed by atoms with Gasteiger partial charge in [0, 0.05) is 24.2 Å². The number of para-hydroxylation sites is 2. The molecule has 0 saturated carbocycles. The van der Waals surface area contributed by atoms with E-state index in [1.165, 1.54) is 0 Å². The van der Waals surface area contributed by atoms with Crippen LogP contribution >= 0.6 is 0 Å². The standard InChI is InChI=1S/C21H17N5O/c27-21(24-23-17-9-3-1-4-10-17)19-15-26(18-11-5-2-6-12-18)25-20(19)16-8-7-13-22-14-16/h1-15,23H,(H,24,27). The molecule has 2 aromatic heterocycles. The first-order chi connectivity index (χ1) is 13.3. The molecule has 2 aromatic carbocycles. The summed E-state index contributed by atoms with van der Waals surface area (Å²) in [5, 5.41) is 4.61. The predicted molar refractivity (Wildman–Crippen MR) is 104 cm³/mol. The predicted octanol–water partition coefficient (Wildman–Crippen LogP) is 3.69. The zero-order valence-electron chi connectivity index (χ0n) is 14.4. The summed E-state index contributed by atoms with van der Waals surface area (Å²) in [4.78, 5) is 16.9. The molecule has 4 aromatic rings. The largest absolute Gasteiger partial charge is 0.298 e. The van der Waals surface area contributed by atoms with Crippen molar-refractivity contribution in [1.29, 1.82) is 0 Å². The molecule has 2 heterocycles. The quantitative estimate of drug-likeness (QED) is 0.536. The van der Waals surface area contributed by atoms with Crippen molar-refractivity contribution in [3.63, 3.8) is 0 Å². The molecule has 0 spiro atoms. The minimum Gasteiger partial charge on any atom is -0.298 e. The Morgan fingerprint density at radius 1 is 0.889 bits per heavy atom. The van der Waals surface area contributed by atoms with Crippen LogP contribution in [0.15, 0.2) is 91.4 Å². The Hall–Kier alpha value is -3.93. The minimum absolute atomic E-state index is 0.278. The fourth-order valence-electron chi connectivity index (χ4n) is 2.69. The van der Waals surface area contributed by atoms with Gasteiger partial charge in [-0.15, -0.1) is 0 Å². The smallest absolute Gasteiger partial charge is 0.273 e. The zero-order chi connectivity index (χ0) is 18.5. The van der Waals surface area contributed by atoms with Crippen LogP contribution in [0.3, 0.4) is 0 Å². The van der Waals surface area contributed by atoms with Crippen LogP contribution in [0.5, 0.6) is 0 Å². The summed E-state index contributed by atoms with van der Waals surface area (Å²) in [5.41, 5.74) is 9.11. The number of carbonyl (C=O) groups is 1. The number of pyridine rings is 1. The molecule has 6 heteroatoms. The Morgan fingerprint density at radius 2 is 1.63 bits per heavy atom. The molecule has 0 bridgehead atoms. The highest BCUT2D eigenvalue weighted by Crippen LogP contribution is 2.23. The van der Waals surface area contributed by atoms with Gasteiger partial charge in [0.15, 0.2) is 0 Å². The molecule has 0 unspecified atom stereocenters. The SMILES string of the molecule is O=C(NNc1ccccc1)c1cn(-c2ccccc2)nc1-c1cccnc1. The van der Waals surface area contributed by atoms with Crippen molar-refractivity contribution in [2.45, 2.75) is 0 Å². The summed E-state index contributed by atoms with van der Waals surface area (Å²) >= 11 is 0. The molecular weight excluding hydrogens is 338 g/mol. The van der Waals surface area contributed by atoms with Gasteiger partial charge in [0.1, 0.15) is 5.69 Å². The van der Waals surface area contributed by atoms with Crippen LogP contribution in [0.4, 0.5) is 5.69 Å². The summed E-state index contributed by atoms with van der Waals surface area (Å²) in [7, 11) is 0. The minimum atomic E-state index is -0.278. The van der Waals surface area contributed by atoms with E-state index in [-0.39, 0.29) is 5.91 Å². The van der Waals surface area contributed by atoms with Gasteiger partial charge in [-0.05, 0) is 36.4 Å². The van der Waals surface area contributed by atoms with Gasteiger partial charge < -0.3 is 0 Å². The molecular formula is C21H17N5O. The van der Waals surface area contributed by atoms with Crippen molar-refractivity contribution in [1.82, 2.24) is 20.2 Å². The van der Waals surface area contributed by atoms with Gasteiger partial charge in [-0.25, -0.2) is 4.68 Å². The molecule has 2 N–H and O–H groups in total. The van der Waals surface area contributed by atoms with E-state index in [1.54, 1.807) is 23.3 Å². The maximum Gasteiger partial charge on any atom is 0.273 e. The first kappa shape index (κ1) is 16.5. The van der Waals surface area contributed by atoms with Gasteiger partial charge in [-0.3, -0.25) is 20.6 Å². The number of nitrogens with zero attached hydrogens (tertiary/aromatic N) is 3. The number of hydrogen-bond donors (Lipinski definition) is 2. The third-order valence-corrected chi connectivity index (χ3v) is 4.01. The average Bonchev–Trinajstić information content (AvgIpc) is 3.20. The number of nitrogens with one attached hydrogen (secondary N) is 2. The lowest BCUT2D eigenvalue weighted by Gasteiger charge is -2.08. The van der Waals surface area contributed by atoms with E-state index in [0.29, 0.717) is 11.3 Å².